The second-order valence-electron chi connectivity index (χ2n) is 3.84. The van der Waals surface area contributed by atoms with Gasteiger partial charge in [0.25, 0.3) is 0 Å². The molecule has 3 nitrogen and oxygen atoms in total. The van der Waals surface area contributed by atoms with Gasteiger partial charge in [0.1, 0.15) is 6.29 Å². The molecule has 0 amide bonds. The summed E-state index contributed by atoms with van der Waals surface area (Å²) in [5, 5.41) is 0. The first-order valence-corrected chi connectivity index (χ1v) is 5.79. The van der Waals surface area contributed by atoms with Gasteiger partial charge in [0.15, 0.2) is 0 Å². The van der Waals surface area contributed by atoms with Crippen LogP contribution in [0.25, 0.3) is 0 Å². The van der Waals surface area contributed by atoms with Crippen molar-refractivity contribution >= 4 is 12.3 Å². The quantitative estimate of drug-likeness (QED) is 0.354. The summed E-state index contributed by atoms with van der Waals surface area (Å²) in [7, 11) is 0. The molecule has 0 N–H and O–H groups in total. The molecule has 0 heterocycles. The van der Waals surface area contributed by atoms with Gasteiger partial charge in [0.2, 0.25) is 0 Å². The first-order chi connectivity index (χ1) is 7.17. The number of hydrogen-bond donors (Lipinski definition) is 0. The fraction of sp³-hybridized carbons (Fsp3) is 0.833. The molecule has 0 saturated heterocycles. The zero-order valence-electron chi connectivity index (χ0n) is 9.99. The Bertz CT molecular complexity index is 189. The molecule has 0 fully saturated rings. The normalized spacial score (nSPS) is 14.3. The first kappa shape index (κ1) is 14.1. The molecule has 15 heavy (non-hydrogen) atoms. The molecule has 88 valence electrons. The van der Waals surface area contributed by atoms with Crippen LogP contribution in [0.3, 0.4) is 0 Å². The van der Waals surface area contributed by atoms with Crippen LogP contribution in [0.15, 0.2) is 0 Å². The van der Waals surface area contributed by atoms with E-state index in [9.17, 15) is 9.59 Å². The molecule has 0 aliphatic heterocycles. The van der Waals surface area contributed by atoms with Crippen molar-refractivity contribution in [2.45, 2.75) is 46.5 Å². The van der Waals surface area contributed by atoms with Gasteiger partial charge >= 0.3 is 5.97 Å². The van der Waals surface area contributed by atoms with Crippen LogP contribution in [0, 0.1) is 11.8 Å². The van der Waals surface area contributed by atoms with Gasteiger partial charge in [0.05, 0.1) is 12.5 Å². The van der Waals surface area contributed by atoms with E-state index < -0.39 is 0 Å². The predicted molar refractivity (Wildman–Crippen MR) is 59.5 cm³/mol. The Hall–Kier alpha value is -0.860. The number of carbonyl (C=O) groups excluding carboxylic acids is 2. The Kier molecular flexibility index (Phi) is 7.96. The highest BCUT2D eigenvalue weighted by Gasteiger charge is 2.24. The first-order valence-electron chi connectivity index (χ1n) is 5.79. The van der Waals surface area contributed by atoms with Crippen LogP contribution in [-0.4, -0.2) is 18.9 Å². The van der Waals surface area contributed by atoms with E-state index in [1.54, 1.807) is 13.8 Å². The van der Waals surface area contributed by atoms with Crippen LogP contribution in [0.1, 0.15) is 46.5 Å². The van der Waals surface area contributed by atoms with E-state index >= 15 is 0 Å². The van der Waals surface area contributed by atoms with Crippen LogP contribution in [0.5, 0.6) is 0 Å². The van der Waals surface area contributed by atoms with Gasteiger partial charge in [0, 0.05) is 5.92 Å². The standard InChI is InChI=1S/C12H22O3/c1-4-6-7-8-11(9-13)10(3)12(14)15-5-2/h9-11H,4-8H2,1-3H3/t10?,11-/m1/s1. The summed E-state index contributed by atoms with van der Waals surface area (Å²) in [4.78, 5) is 22.2. The number of hydrogen-bond acceptors (Lipinski definition) is 3. The lowest BCUT2D eigenvalue weighted by atomic mass is 9.90. The van der Waals surface area contributed by atoms with E-state index in [4.69, 9.17) is 4.74 Å². The Balaban J connectivity index is 4.02. The molecule has 1 unspecified atom stereocenters. The summed E-state index contributed by atoms with van der Waals surface area (Å²) >= 11 is 0. The molecule has 0 aromatic carbocycles. The fourth-order valence-corrected chi connectivity index (χ4v) is 1.51. The number of aldehydes is 1. The highest BCUT2D eigenvalue weighted by atomic mass is 16.5. The zero-order valence-corrected chi connectivity index (χ0v) is 9.99. The summed E-state index contributed by atoms with van der Waals surface area (Å²) < 4.78 is 4.89. The van der Waals surface area contributed by atoms with Crippen molar-refractivity contribution in [1.82, 2.24) is 0 Å². The van der Waals surface area contributed by atoms with E-state index in [1.807, 2.05) is 0 Å². The third-order valence-electron chi connectivity index (χ3n) is 2.62. The van der Waals surface area contributed by atoms with Gasteiger partial charge in [-0.3, -0.25) is 4.79 Å². The maximum Gasteiger partial charge on any atom is 0.309 e. The summed E-state index contributed by atoms with van der Waals surface area (Å²) in [6.45, 7) is 6.04. The summed E-state index contributed by atoms with van der Waals surface area (Å²) in [6.07, 6.45) is 4.91. The van der Waals surface area contributed by atoms with E-state index in [-0.39, 0.29) is 17.8 Å². The minimum atomic E-state index is -0.306. The van der Waals surface area contributed by atoms with Crippen molar-refractivity contribution in [3.8, 4) is 0 Å². The average Bonchev–Trinajstić information content (AvgIpc) is 2.24. The van der Waals surface area contributed by atoms with Crippen molar-refractivity contribution in [2.75, 3.05) is 6.61 Å². The Labute approximate surface area is 92.2 Å². The topological polar surface area (TPSA) is 43.4 Å². The minimum absolute atomic E-state index is 0.185. The zero-order chi connectivity index (χ0) is 11.7. The lowest BCUT2D eigenvalue weighted by Gasteiger charge is -2.16. The van der Waals surface area contributed by atoms with E-state index in [1.165, 1.54) is 0 Å². The van der Waals surface area contributed by atoms with Crippen LogP contribution in [0.2, 0.25) is 0 Å². The third kappa shape index (κ3) is 5.55. The SMILES string of the molecule is CCCCC[C@H](C=O)C(C)C(=O)OCC. The molecule has 0 aliphatic rings. The monoisotopic (exact) mass is 214 g/mol. The maximum atomic E-state index is 11.4. The number of esters is 1. The molecule has 0 radical (unpaired) electrons. The molecule has 3 heteroatoms. The van der Waals surface area contributed by atoms with Crippen molar-refractivity contribution in [1.29, 1.82) is 0 Å². The van der Waals surface area contributed by atoms with E-state index in [0.29, 0.717) is 6.61 Å². The number of ether oxygens (including phenoxy) is 1. The van der Waals surface area contributed by atoms with Crippen LogP contribution >= 0.6 is 0 Å². The molecule has 0 aromatic heterocycles. The van der Waals surface area contributed by atoms with E-state index in [2.05, 4.69) is 6.92 Å². The van der Waals surface area contributed by atoms with Crippen molar-refractivity contribution in [3.63, 3.8) is 0 Å². The number of unbranched alkanes of at least 4 members (excludes halogenated alkanes) is 2. The second kappa shape index (κ2) is 8.45. The molecule has 0 aliphatic carbocycles. The highest BCUT2D eigenvalue weighted by molar-refractivity contribution is 5.76. The average molecular weight is 214 g/mol. The van der Waals surface area contributed by atoms with Crippen molar-refractivity contribution in [2.24, 2.45) is 11.8 Å². The van der Waals surface area contributed by atoms with Gasteiger partial charge < -0.3 is 9.53 Å². The second-order valence-corrected chi connectivity index (χ2v) is 3.84. The van der Waals surface area contributed by atoms with E-state index in [0.717, 1.165) is 32.0 Å². The molecule has 2 atom stereocenters. The highest BCUT2D eigenvalue weighted by Crippen LogP contribution is 2.18. The lowest BCUT2D eigenvalue weighted by molar-refractivity contribution is -0.150. The summed E-state index contributed by atoms with van der Waals surface area (Å²) in [5.41, 5.74) is 0. The minimum Gasteiger partial charge on any atom is -0.466 e. The molecule has 0 rings (SSSR count). The van der Waals surface area contributed by atoms with Gasteiger partial charge in [-0.15, -0.1) is 0 Å². The Morgan fingerprint density at radius 1 is 1.33 bits per heavy atom. The molecular formula is C12H22O3. The van der Waals surface area contributed by atoms with Gasteiger partial charge in [-0.05, 0) is 13.3 Å². The molecule has 0 saturated carbocycles. The number of carbonyl (C=O) groups is 2. The maximum absolute atomic E-state index is 11.4. The number of rotatable bonds is 8. The van der Waals surface area contributed by atoms with Crippen LogP contribution < -0.4 is 0 Å². The fourth-order valence-electron chi connectivity index (χ4n) is 1.51. The Morgan fingerprint density at radius 2 is 2.00 bits per heavy atom. The third-order valence-corrected chi connectivity index (χ3v) is 2.62. The van der Waals surface area contributed by atoms with Crippen LogP contribution in [-0.2, 0) is 14.3 Å². The molecule has 0 spiro atoms. The lowest BCUT2D eigenvalue weighted by Crippen LogP contribution is -2.24. The largest absolute Gasteiger partial charge is 0.466 e. The van der Waals surface area contributed by atoms with Gasteiger partial charge in [-0.2, -0.15) is 0 Å². The van der Waals surface area contributed by atoms with Crippen molar-refractivity contribution < 1.29 is 14.3 Å². The van der Waals surface area contributed by atoms with Crippen LogP contribution in [0.4, 0.5) is 0 Å². The van der Waals surface area contributed by atoms with Gasteiger partial charge in [-0.25, -0.2) is 0 Å². The van der Waals surface area contributed by atoms with Crippen molar-refractivity contribution in [3.05, 3.63) is 0 Å². The smallest absolute Gasteiger partial charge is 0.309 e. The molecular weight excluding hydrogens is 192 g/mol. The molecule has 0 aromatic rings. The summed E-state index contributed by atoms with van der Waals surface area (Å²) in [5.74, 6) is -0.749. The van der Waals surface area contributed by atoms with Gasteiger partial charge in [-0.1, -0.05) is 33.1 Å². The summed E-state index contributed by atoms with van der Waals surface area (Å²) in [6, 6.07) is 0. The predicted octanol–water partition coefficient (Wildman–Crippen LogP) is 2.58. The Morgan fingerprint density at radius 3 is 2.47 bits per heavy atom. The molecule has 0 bridgehead atoms.